The first-order valence-corrected chi connectivity index (χ1v) is 9.57. The van der Waals surface area contributed by atoms with Crippen LogP contribution in [-0.2, 0) is 20.0 Å². The summed E-state index contributed by atoms with van der Waals surface area (Å²) in [7, 11) is -7.66. The molecule has 1 heterocycles. The quantitative estimate of drug-likeness (QED) is 0.779. The van der Waals surface area contributed by atoms with Gasteiger partial charge in [0.05, 0.1) is 9.79 Å². The zero-order valence-electron chi connectivity index (χ0n) is 11.9. The number of primary sulfonamides is 1. The van der Waals surface area contributed by atoms with Crippen molar-refractivity contribution in [2.45, 2.75) is 22.6 Å². The molecule has 126 valence electrons. The highest BCUT2D eigenvalue weighted by atomic mass is 35.5. The Morgan fingerprint density at radius 1 is 1.18 bits per heavy atom. The molecule has 2 rings (SSSR count). The molecule has 1 atom stereocenters. The van der Waals surface area contributed by atoms with Crippen LogP contribution >= 0.6 is 12.4 Å². The second kappa shape index (κ2) is 7.24. The SMILES string of the molecule is Cl.NCC1CCCN(S(=O)(=O)c2cccc(S(N)(=O)=O)c2)C1. The Morgan fingerprint density at radius 3 is 2.41 bits per heavy atom. The zero-order chi connectivity index (χ0) is 15.7. The van der Waals surface area contributed by atoms with Gasteiger partial charge in [0.1, 0.15) is 0 Å². The molecule has 0 aliphatic carbocycles. The highest BCUT2D eigenvalue weighted by Crippen LogP contribution is 2.24. The van der Waals surface area contributed by atoms with E-state index in [0.29, 0.717) is 19.6 Å². The summed E-state index contributed by atoms with van der Waals surface area (Å²) >= 11 is 0. The van der Waals surface area contributed by atoms with Gasteiger partial charge in [0.2, 0.25) is 20.0 Å². The highest BCUT2D eigenvalue weighted by Gasteiger charge is 2.30. The second-order valence-electron chi connectivity index (χ2n) is 5.13. The number of hydrogen-bond acceptors (Lipinski definition) is 5. The van der Waals surface area contributed by atoms with Gasteiger partial charge in [0.15, 0.2) is 0 Å². The summed E-state index contributed by atoms with van der Waals surface area (Å²) in [6, 6.07) is 5.11. The molecular weight excluding hydrogens is 350 g/mol. The molecule has 1 saturated heterocycles. The van der Waals surface area contributed by atoms with E-state index in [9.17, 15) is 16.8 Å². The molecule has 22 heavy (non-hydrogen) atoms. The lowest BCUT2D eigenvalue weighted by atomic mass is 10.0. The van der Waals surface area contributed by atoms with Crippen molar-refractivity contribution in [3.05, 3.63) is 24.3 Å². The van der Waals surface area contributed by atoms with Gasteiger partial charge in [-0.05, 0) is 43.5 Å². The van der Waals surface area contributed by atoms with Crippen LogP contribution in [-0.4, -0.2) is 40.8 Å². The van der Waals surface area contributed by atoms with Crippen LogP contribution in [0.5, 0.6) is 0 Å². The van der Waals surface area contributed by atoms with E-state index in [-0.39, 0.29) is 28.1 Å². The van der Waals surface area contributed by atoms with E-state index in [2.05, 4.69) is 0 Å². The topological polar surface area (TPSA) is 124 Å². The number of piperidine rings is 1. The first kappa shape index (κ1) is 19.3. The van der Waals surface area contributed by atoms with Crippen molar-refractivity contribution in [1.82, 2.24) is 4.31 Å². The average Bonchev–Trinajstić information content (AvgIpc) is 2.46. The number of nitrogens with two attached hydrogens (primary N) is 2. The molecule has 1 aromatic carbocycles. The van der Waals surface area contributed by atoms with Crippen molar-refractivity contribution in [1.29, 1.82) is 0 Å². The maximum absolute atomic E-state index is 12.6. The Bertz CT molecular complexity index is 722. The predicted octanol–water partition coefficient (Wildman–Crippen LogP) is 0.115. The molecule has 0 spiro atoms. The van der Waals surface area contributed by atoms with Crippen LogP contribution in [0.25, 0.3) is 0 Å². The lowest BCUT2D eigenvalue weighted by Crippen LogP contribution is -2.42. The van der Waals surface area contributed by atoms with Crippen LogP contribution in [0.4, 0.5) is 0 Å². The first-order valence-electron chi connectivity index (χ1n) is 6.58. The van der Waals surface area contributed by atoms with Crippen molar-refractivity contribution in [2.24, 2.45) is 16.8 Å². The zero-order valence-corrected chi connectivity index (χ0v) is 14.3. The van der Waals surface area contributed by atoms with Crippen LogP contribution < -0.4 is 10.9 Å². The third-order valence-electron chi connectivity index (χ3n) is 3.59. The summed E-state index contributed by atoms with van der Waals surface area (Å²) < 4.78 is 49.2. The minimum atomic E-state index is -3.93. The summed E-state index contributed by atoms with van der Waals surface area (Å²) in [6.45, 7) is 1.21. The van der Waals surface area contributed by atoms with E-state index >= 15 is 0 Å². The molecule has 4 N–H and O–H groups in total. The number of hydrogen-bond donors (Lipinski definition) is 2. The van der Waals surface area contributed by atoms with Crippen LogP contribution in [0.1, 0.15) is 12.8 Å². The molecule has 1 aromatic rings. The number of nitrogens with zero attached hydrogens (tertiary/aromatic N) is 1. The van der Waals surface area contributed by atoms with E-state index in [1.807, 2.05) is 0 Å². The lowest BCUT2D eigenvalue weighted by Gasteiger charge is -2.31. The van der Waals surface area contributed by atoms with Gasteiger partial charge in [0, 0.05) is 13.1 Å². The second-order valence-corrected chi connectivity index (χ2v) is 8.63. The molecule has 1 aliphatic heterocycles. The van der Waals surface area contributed by atoms with Crippen LogP contribution in [0.2, 0.25) is 0 Å². The fourth-order valence-electron chi connectivity index (χ4n) is 2.40. The summed E-state index contributed by atoms with van der Waals surface area (Å²) in [5.41, 5.74) is 5.61. The van der Waals surface area contributed by atoms with E-state index in [4.69, 9.17) is 10.9 Å². The standard InChI is InChI=1S/C12H19N3O4S2.ClH/c13-8-10-3-2-6-15(9-10)21(18,19)12-5-1-4-11(7-12)20(14,16)17;/h1,4-5,7,10H,2-3,6,8-9,13H2,(H2,14,16,17);1H. The molecule has 0 amide bonds. The Hall–Kier alpha value is -0.710. The van der Waals surface area contributed by atoms with Crippen molar-refractivity contribution in [2.75, 3.05) is 19.6 Å². The third-order valence-corrected chi connectivity index (χ3v) is 6.36. The summed E-state index contributed by atoms with van der Waals surface area (Å²) in [5, 5.41) is 5.04. The van der Waals surface area contributed by atoms with E-state index < -0.39 is 20.0 Å². The van der Waals surface area contributed by atoms with Gasteiger partial charge >= 0.3 is 0 Å². The molecule has 0 bridgehead atoms. The van der Waals surface area contributed by atoms with E-state index in [0.717, 1.165) is 18.9 Å². The Kier molecular flexibility index (Phi) is 6.36. The predicted molar refractivity (Wildman–Crippen MR) is 85.6 cm³/mol. The summed E-state index contributed by atoms with van der Waals surface area (Å²) in [4.78, 5) is -0.275. The lowest BCUT2D eigenvalue weighted by molar-refractivity contribution is 0.271. The molecule has 1 unspecified atom stereocenters. The van der Waals surface area contributed by atoms with Crippen molar-refractivity contribution < 1.29 is 16.8 Å². The average molecular weight is 370 g/mol. The largest absolute Gasteiger partial charge is 0.330 e. The van der Waals surface area contributed by atoms with Crippen LogP contribution in [0.3, 0.4) is 0 Å². The van der Waals surface area contributed by atoms with Gasteiger partial charge < -0.3 is 5.73 Å². The number of halogens is 1. The smallest absolute Gasteiger partial charge is 0.243 e. The first-order chi connectivity index (χ1) is 9.75. The minimum Gasteiger partial charge on any atom is -0.330 e. The maximum atomic E-state index is 12.6. The normalized spacial score (nSPS) is 20.4. The van der Waals surface area contributed by atoms with Gasteiger partial charge in [-0.25, -0.2) is 22.0 Å². The molecule has 1 fully saturated rings. The van der Waals surface area contributed by atoms with Crippen molar-refractivity contribution in [3.63, 3.8) is 0 Å². The Morgan fingerprint density at radius 2 is 1.82 bits per heavy atom. The molecule has 0 aromatic heterocycles. The number of rotatable bonds is 4. The van der Waals surface area contributed by atoms with Gasteiger partial charge in [-0.15, -0.1) is 12.4 Å². The van der Waals surface area contributed by atoms with Crippen molar-refractivity contribution >= 4 is 32.5 Å². The van der Waals surface area contributed by atoms with Gasteiger partial charge in [-0.2, -0.15) is 4.31 Å². The number of sulfonamides is 2. The van der Waals surface area contributed by atoms with E-state index in [1.54, 1.807) is 0 Å². The molecule has 0 radical (unpaired) electrons. The summed E-state index contributed by atoms with van der Waals surface area (Å²) in [5.74, 6) is 0.134. The maximum Gasteiger partial charge on any atom is 0.243 e. The Balaban J connectivity index is 0.00000242. The molecule has 7 nitrogen and oxygen atoms in total. The fourth-order valence-corrected chi connectivity index (χ4v) is 4.63. The van der Waals surface area contributed by atoms with Gasteiger partial charge in [0.25, 0.3) is 0 Å². The third kappa shape index (κ3) is 4.18. The highest BCUT2D eigenvalue weighted by molar-refractivity contribution is 7.90. The molecule has 0 saturated carbocycles. The molecule has 10 heteroatoms. The van der Waals surface area contributed by atoms with Gasteiger partial charge in [-0.3, -0.25) is 0 Å². The van der Waals surface area contributed by atoms with Crippen LogP contribution in [0.15, 0.2) is 34.1 Å². The monoisotopic (exact) mass is 369 g/mol. The summed E-state index contributed by atoms with van der Waals surface area (Å²) in [6.07, 6.45) is 1.65. The van der Waals surface area contributed by atoms with Gasteiger partial charge in [-0.1, -0.05) is 6.07 Å². The fraction of sp³-hybridized carbons (Fsp3) is 0.500. The Labute approximate surface area is 137 Å². The minimum absolute atomic E-state index is 0. The molecule has 1 aliphatic rings. The van der Waals surface area contributed by atoms with E-state index in [1.165, 1.54) is 22.5 Å². The molecular formula is C12H20ClN3O4S2. The number of benzene rings is 1. The van der Waals surface area contributed by atoms with Crippen LogP contribution in [0, 0.1) is 5.92 Å². The van der Waals surface area contributed by atoms with Crippen molar-refractivity contribution in [3.8, 4) is 0 Å².